The number of fused-ring (bicyclic) bond motifs is 1. The molecular weight excluding hydrogens is 488 g/mol. The van der Waals surface area contributed by atoms with Crippen molar-refractivity contribution in [3.63, 3.8) is 0 Å². The zero-order valence-corrected chi connectivity index (χ0v) is 20.5. The number of hydrogen-bond acceptors (Lipinski definition) is 4. The van der Waals surface area contributed by atoms with E-state index in [1.54, 1.807) is 30.3 Å². The molecule has 1 aliphatic heterocycles. The van der Waals surface area contributed by atoms with Crippen molar-refractivity contribution >= 4 is 5.91 Å². The first kappa shape index (κ1) is 26.5. The number of primary amides is 1. The number of methoxy groups -OCH3 is 2. The molecule has 0 bridgehead atoms. The average Bonchev–Trinajstić information content (AvgIpc) is 2.86. The number of benzene rings is 3. The van der Waals surface area contributed by atoms with E-state index in [9.17, 15) is 22.4 Å². The van der Waals surface area contributed by atoms with Crippen molar-refractivity contribution in [2.75, 3.05) is 20.8 Å². The van der Waals surface area contributed by atoms with E-state index in [0.717, 1.165) is 29.3 Å². The predicted octanol–water partition coefficient (Wildman–Crippen LogP) is 5.62. The van der Waals surface area contributed by atoms with Crippen molar-refractivity contribution in [3.05, 3.63) is 94.3 Å². The average molecular weight is 517 g/mol. The monoisotopic (exact) mass is 516 g/mol. The molecule has 0 unspecified atom stereocenters. The van der Waals surface area contributed by atoms with Gasteiger partial charge in [-0.2, -0.15) is 13.2 Å². The van der Waals surface area contributed by atoms with E-state index in [1.807, 2.05) is 17.0 Å². The zero-order valence-electron chi connectivity index (χ0n) is 20.5. The molecule has 196 valence electrons. The summed E-state index contributed by atoms with van der Waals surface area (Å²) in [5, 5.41) is 0. The normalized spacial score (nSPS) is 16.6. The molecule has 0 aromatic heterocycles. The Hall–Kier alpha value is -3.59. The highest BCUT2D eigenvalue weighted by molar-refractivity contribution is 5.81. The Labute approximate surface area is 212 Å². The van der Waals surface area contributed by atoms with E-state index < -0.39 is 35.5 Å². The Morgan fingerprint density at radius 3 is 2.35 bits per heavy atom. The van der Waals surface area contributed by atoms with Gasteiger partial charge in [0.05, 0.1) is 19.8 Å². The number of ether oxygens (including phenoxy) is 2. The van der Waals surface area contributed by atoms with Gasteiger partial charge in [0, 0.05) is 12.6 Å². The fraction of sp³-hybridized carbons (Fsp3) is 0.321. The molecule has 0 radical (unpaired) electrons. The van der Waals surface area contributed by atoms with Crippen molar-refractivity contribution in [1.29, 1.82) is 0 Å². The minimum Gasteiger partial charge on any atom is -0.493 e. The number of carbonyl (C=O) groups excluding carboxylic acids is 1. The lowest BCUT2D eigenvalue weighted by molar-refractivity contribution is -0.138. The number of hydrogen-bond donors (Lipinski definition) is 1. The maximum atomic E-state index is 14.0. The molecule has 3 aromatic rings. The summed E-state index contributed by atoms with van der Waals surface area (Å²) in [7, 11) is 3.02. The van der Waals surface area contributed by atoms with E-state index in [2.05, 4.69) is 0 Å². The minimum absolute atomic E-state index is 0.0676. The van der Waals surface area contributed by atoms with Crippen molar-refractivity contribution in [1.82, 2.24) is 4.90 Å². The summed E-state index contributed by atoms with van der Waals surface area (Å²) >= 11 is 0. The molecule has 5 nitrogen and oxygen atoms in total. The summed E-state index contributed by atoms with van der Waals surface area (Å²) in [6.45, 7) is 0.435. The Morgan fingerprint density at radius 2 is 1.73 bits per heavy atom. The van der Waals surface area contributed by atoms with Gasteiger partial charge in [-0.3, -0.25) is 9.69 Å². The Kier molecular flexibility index (Phi) is 7.73. The smallest absolute Gasteiger partial charge is 0.416 e. The van der Waals surface area contributed by atoms with Gasteiger partial charge >= 0.3 is 6.18 Å². The molecule has 1 aliphatic rings. The first-order valence-corrected chi connectivity index (χ1v) is 11.8. The number of aryl methyl sites for hydroxylation is 1. The topological polar surface area (TPSA) is 64.8 Å². The zero-order chi connectivity index (χ0) is 26.7. The molecular formula is C28H28F4N2O3. The number of halogens is 4. The van der Waals surface area contributed by atoms with Gasteiger partial charge in [-0.15, -0.1) is 0 Å². The number of carbonyl (C=O) groups is 1. The highest BCUT2D eigenvalue weighted by Crippen LogP contribution is 2.43. The fourth-order valence-corrected chi connectivity index (χ4v) is 5.17. The van der Waals surface area contributed by atoms with E-state index in [-0.39, 0.29) is 18.4 Å². The first-order chi connectivity index (χ1) is 17.6. The van der Waals surface area contributed by atoms with Gasteiger partial charge in [0.1, 0.15) is 11.9 Å². The summed E-state index contributed by atoms with van der Waals surface area (Å²) in [6.07, 6.45) is -3.94. The molecule has 3 aromatic carbocycles. The predicted molar refractivity (Wildman–Crippen MR) is 131 cm³/mol. The molecule has 0 spiro atoms. The molecule has 0 fully saturated rings. The SMILES string of the molecule is COc1cc2c(cc1OC)[C@H](CCc1cc(F)ccc1C(F)(F)F)N([C@@H](C(N)=O)c1ccccc1)CC2. The first-order valence-electron chi connectivity index (χ1n) is 11.8. The van der Waals surface area contributed by atoms with Crippen LogP contribution in [0.3, 0.4) is 0 Å². The summed E-state index contributed by atoms with van der Waals surface area (Å²) in [4.78, 5) is 14.6. The Morgan fingerprint density at radius 1 is 1.05 bits per heavy atom. The summed E-state index contributed by atoms with van der Waals surface area (Å²) in [6, 6.07) is 13.9. The van der Waals surface area contributed by atoms with E-state index >= 15 is 0 Å². The third-order valence-corrected chi connectivity index (χ3v) is 6.82. The molecule has 9 heteroatoms. The third-order valence-electron chi connectivity index (χ3n) is 6.82. The van der Waals surface area contributed by atoms with Gasteiger partial charge in [-0.05, 0) is 71.8 Å². The maximum Gasteiger partial charge on any atom is 0.416 e. The molecule has 37 heavy (non-hydrogen) atoms. The second kappa shape index (κ2) is 10.8. The number of alkyl halides is 3. The highest BCUT2D eigenvalue weighted by atomic mass is 19.4. The number of rotatable bonds is 8. The molecule has 1 heterocycles. The molecule has 0 aliphatic carbocycles. The number of nitrogens with two attached hydrogens (primary N) is 1. The Balaban J connectivity index is 1.80. The van der Waals surface area contributed by atoms with Crippen LogP contribution in [0.2, 0.25) is 0 Å². The van der Waals surface area contributed by atoms with Crippen LogP contribution in [-0.2, 0) is 23.8 Å². The van der Waals surface area contributed by atoms with Crippen LogP contribution in [0.4, 0.5) is 17.6 Å². The lowest BCUT2D eigenvalue weighted by Crippen LogP contribution is -2.44. The molecule has 0 saturated heterocycles. The van der Waals surface area contributed by atoms with Gasteiger partial charge in [0.2, 0.25) is 5.91 Å². The van der Waals surface area contributed by atoms with Gasteiger partial charge in [-0.25, -0.2) is 4.39 Å². The van der Waals surface area contributed by atoms with Crippen LogP contribution in [0.5, 0.6) is 11.5 Å². The fourth-order valence-electron chi connectivity index (χ4n) is 5.17. The standard InChI is InChI=1S/C28H28F4N2O3/c1-36-24-15-18-12-13-34(26(27(33)35)17-6-4-3-5-7-17)23(21(18)16-25(24)37-2)11-8-19-14-20(29)9-10-22(19)28(30,31)32/h3-7,9-10,14-16,23,26H,8,11-13H2,1-2H3,(H2,33,35)/t23-,26+/m0/s1. The van der Waals surface area contributed by atoms with E-state index in [4.69, 9.17) is 15.2 Å². The number of nitrogens with zero attached hydrogens (tertiary/aromatic N) is 1. The van der Waals surface area contributed by atoms with Crippen molar-refractivity contribution < 1.29 is 31.8 Å². The quantitative estimate of drug-likeness (QED) is 0.395. The minimum atomic E-state index is -4.62. The van der Waals surface area contributed by atoms with Gasteiger partial charge < -0.3 is 15.2 Å². The van der Waals surface area contributed by atoms with Crippen LogP contribution in [-0.4, -0.2) is 31.6 Å². The van der Waals surface area contributed by atoms with Crippen LogP contribution in [0.1, 0.15) is 46.3 Å². The summed E-state index contributed by atoms with van der Waals surface area (Å²) in [5.74, 6) is -0.311. The van der Waals surface area contributed by atoms with Crippen LogP contribution >= 0.6 is 0 Å². The summed E-state index contributed by atoms with van der Waals surface area (Å²) in [5.41, 5.74) is 7.27. The molecule has 2 N–H and O–H groups in total. The maximum absolute atomic E-state index is 14.0. The molecule has 1 amide bonds. The van der Waals surface area contributed by atoms with Crippen molar-refractivity contribution in [3.8, 4) is 11.5 Å². The van der Waals surface area contributed by atoms with Gasteiger partial charge in [0.15, 0.2) is 11.5 Å². The lowest BCUT2D eigenvalue weighted by atomic mass is 9.85. The van der Waals surface area contributed by atoms with Crippen LogP contribution in [0.15, 0.2) is 60.7 Å². The van der Waals surface area contributed by atoms with Crippen LogP contribution in [0.25, 0.3) is 0 Å². The molecule has 0 saturated carbocycles. The molecule has 4 rings (SSSR count). The second-order valence-electron chi connectivity index (χ2n) is 8.96. The summed E-state index contributed by atoms with van der Waals surface area (Å²) < 4.78 is 65.9. The third kappa shape index (κ3) is 5.56. The van der Waals surface area contributed by atoms with Gasteiger partial charge in [0.25, 0.3) is 0 Å². The van der Waals surface area contributed by atoms with Crippen molar-refractivity contribution in [2.45, 2.75) is 37.5 Å². The van der Waals surface area contributed by atoms with Gasteiger partial charge in [-0.1, -0.05) is 30.3 Å². The lowest BCUT2D eigenvalue weighted by Gasteiger charge is -2.42. The van der Waals surface area contributed by atoms with Crippen LogP contribution < -0.4 is 15.2 Å². The van der Waals surface area contributed by atoms with Crippen molar-refractivity contribution in [2.24, 2.45) is 5.73 Å². The Bertz CT molecular complexity index is 1260. The number of amides is 1. The highest BCUT2D eigenvalue weighted by Gasteiger charge is 2.38. The largest absolute Gasteiger partial charge is 0.493 e. The second-order valence-corrected chi connectivity index (χ2v) is 8.96. The van der Waals surface area contributed by atoms with E-state index in [1.165, 1.54) is 14.2 Å². The van der Waals surface area contributed by atoms with Crippen LogP contribution in [0, 0.1) is 5.82 Å². The molecule has 2 atom stereocenters. The van der Waals surface area contributed by atoms with E-state index in [0.29, 0.717) is 30.0 Å².